The Kier molecular flexibility index (Phi) is 9.09. The number of halogens is 4. The fourth-order valence-electron chi connectivity index (χ4n) is 3.35. The molecule has 6 nitrogen and oxygen atoms in total. The van der Waals surface area contributed by atoms with E-state index in [4.69, 9.17) is 16.3 Å². The zero-order chi connectivity index (χ0) is 24.6. The van der Waals surface area contributed by atoms with Crippen LogP contribution in [0.5, 0.6) is 0 Å². The van der Waals surface area contributed by atoms with Crippen LogP contribution in [0.3, 0.4) is 0 Å². The van der Waals surface area contributed by atoms with Gasteiger partial charge in [0.1, 0.15) is 0 Å². The van der Waals surface area contributed by atoms with Crippen LogP contribution >= 0.6 is 11.6 Å². The van der Waals surface area contributed by atoms with Gasteiger partial charge in [0, 0.05) is 44.4 Å². The number of carbonyl (C=O) groups excluding carboxylic acids is 2. The third-order valence-electron chi connectivity index (χ3n) is 5.16. The van der Waals surface area contributed by atoms with Gasteiger partial charge in [0.2, 0.25) is 11.8 Å². The van der Waals surface area contributed by atoms with E-state index in [0.29, 0.717) is 31.9 Å². The number of benzene rings is 2. The lowest BCUT2D eigenvalue weighted by Gasteiger charge is -2.26. The average molecular weight is 496 g/mol. The minimum atomic E-state index is -4.58. The molecule has 1 aliphatic rings. The number of alkyl halides is 3. The number of anilines is 1. The minimum absolute atomic E-state index is 0.100. The molecule has 2 aromatic carbocycles. The molecule has 34 heavy (non-hydrogen) atoms. The third kappa shape index (κ3) is 8.16. The van der Waals surface area contributed by atoms with Crippen molar-refractivity contribution in [2.45, 2.75) is 19.1 Å². The molecule has 0 radical (unpaired) electrons. The summed E-state index contributed by atoms with van der Waals surface area (Å²) in [6.07, 6.45) is -1.77. The first-order chi connectivity index (χ1) is 16.2. The number of carbonyl (C=O) groups is 2. The van der Waals surface area contributed by atoms with Crippen LogP contribution in [-0.2, 0) is 27.0 Å². The van der Waals surface area contributed by atoms with E-state index in [1.807, 2.05) is 0 Å². The minimum Gasteiger partial charge on any atom is -0.379 e. The maximum Gasteiger partial charge on any atom is 0.417 e. The third-order valence-corrected chi connectivity index (χ3v) is 5.49. The molecule has 0 saturated carbocycles. The number of hydrogen-bond donors (Lipinski definition) is 2. The second-order valence-electron chi connectivity index (χ2n) is 7.74. The van der Waals surface area contributed by atoms with Crippen molar-refractivity contribution in [2.75, 3.05) is 38.2 Å². The summed E-state index contributed by atoms with van der Waals surface area (Å²) in [7, 11) is 0. The largest absolute Gasteiger partial charge is 0.417 e. The van der Waals surface area contributed by atoms with Crippen LogP contribution in [0.2, 0.25) is 5.02 Å². The predicted octanol–water partition coefficient (Wildman–Crippen LogP) is 4.35. The molecule has 0 spiro atoms. The van der Waals surface area contributed by atoms with Gasteiger partial charge in [0.25, 0.3) is 0 Å². The first kappa shape index (κ1) is 25.7. The van der Waals surface area contributed by atoms with Crippen molar-refractivity contribution in [2.24, 2.45) is 0 Å². The summed E-state index contributed by atoms with van der Waals surface area (Å²) < 4.78 is 44.2. The molecule has 2 amide bonds. The Labute approximate surface area is 200 Å². The summed E-state index contributed by atoms with van der Waals surface area (Å²) in [5, 5.41) is 5.12. The summed E-state index contributed by atoms with van der Waals surface area (Å²) in [4.78, 5) is 26.5. The van der Waals surface area contributed by atoms with Crippen LogP contribution in [0.25, 0.3) is 6.08 Å². The van der Waals surface area contributed by atoms with Gasteiger partial charge in [-0.2, -0.15) is 13.2 Å². The number of ether oxygens (including phenoxy) is 1. The topological polar surface area (TPSA) is 70.7 Å². The summed E-state index contributed by atoms with van der Waals surface area (Å²) in [5.74, 6) is -0.569. The Morgan fingerprint density at radius 1 is 1.12 bits per heavy atom. The lowest BCUT2D eigenvalue weighted by atomic mass is 10.1. The van der Waals surface area contributed by atoms with E-state index in [2.05, 4.69) is 15.5 Å². The molecular formula is C24H25ClF3N3O3. The van der Waals surface area contributed by atoms with Crippen LogP contribution in [0.4, 0.5) is 18.9 Å². The molecule has 0 atom stereocenters. The maximum atomic E-state index is 13.0. The van der Waals surface area contributed by atoms with Crippen LogP contribution in [0.1, 0.15) is 23.1 Å². The van der Waals surface area contributed by atoms with Crippen molar-refractivity contribution < 1.29 is 27.5 Å². The highest BCUT2D eigenvalue weighted by atomic mass is 35.5. The second kappa shape index (κ2) is 12.0. The zero-order valence-electron chi connectivity index (χ0n) is 18.3. The fourth-order valence-corrected chi connectivity index (χ4v) is 3.58. The Balaban J connectivity index is 1.48. The van der Waals surface area contributed by atoms with Crippen molar-refractivity contribution in [1.82, 2.24) is 10.2 Å². The highest BCUT2D eigenvalue weighted by molar-refractivity contribution is 6.31. The molecular weight excluding hydrogens is 471 g/mol. The van der Waals surface area contributed by atoms with E-state index in [1.54, 1.807) is 24.3 Å². The molecule has 1 fully saturated rings. The van der Waals surface area contributed by atoms with Crippen molar-refractivity contribution in [3.05, 3.63) is 70.3 Å². The molecule has 0 unspecified atom stereocenters. The number of nitrogens with zero attached hydrogens (tertiary/aromatic N) is 1. The smallest absolute Gasteiger partial charge is 0.379 e. The summed E-state index contributed by atoms with van der Waals surface area (Å²) in [6, 6.07) is 10.5. The normalized spacial score (nSPS) is 14.8. The van der Waals surface area contributed by atoms with E-state index < -0.39 is 22.7 Å². The standard InChI is InChI=1S/C24H25ClF3N3O3/c25-21-6-4-17(15-20(21)24(26,27)28)5-7-22(32)29-16-18-2-1-3-19(14-18)30-23(33)8-9-31-10-12-34-13-11-31/h1-7,14-15H,8-13,16H2,(H,29,32)(H,30,33)/b7-5+. The molecule has 182 valence electrons. The Morgan fingerprint density at radius 2 is 1.88 bits per heavy atom. The average Bonchev–Trinajstić information content (AvgIpc) is 2.81. The molecule has 2 aromatic rings. The molecule has 10 heteroatoms. The van der Waals surface area contributed by atoms with E-state index in [9.17, 15) is 22.8 Å². The van der Waals surface area contributed by atoms with Gasteiger partial charge < -0.3 is 15.4 Å². The number of nitrogens with one attached hydrogen (secondary N) is 2. The Morgan fingerprint density at radius 3 is 2.62 bits per heavy atom. The van der Waals surface area contributed by atoms with Gasteiger partial charge in [-0.1, -0.05) is 29.8 Å². The highest BCUT2D eigenvalue weighted by Gasteiger charge is 2.33. The second-order valence-corrected chi connectivity index (χ2v) is 8.15. The number of morpholine rings is 1. The lowest BCUT2D eigenvalue weighted by Crippen LogP contribution is -2.38. The molecule has 2 N–H and O–H groups in total. The Bertz CT molecular complexity index is 1040. The van der Waals surface area contributed by atoms with Crippen molar-refractivity contribution >= 4 is 35.2 Å². The molecule has 0 aliphatic carbocycles. The highest BCUT2D eigenvalue weighted by Crippen LogP contribution is 2.35. The number of rotatable bonds is 8. The first-order valence-corrected chi connectivity index (χ1v) is 11.1. The van der Waals surface area contributed by atoms with E-state index >= 15 is 0 Å². The van der Waals surface area contributed by atoms with Gasteiger partial charge >= 0.3 is 6.18 Å². The van der Waals surface area contributed by atoms with Gasteiger partial charge in [0.05, 0.1) is 23.8 Å². The van der Waals surface area contributed by atoms with Crippen molar-refractivity contribution in [3.63, 3.8) is 0 Å². The van der Waals surface area contributed by atoms with Crippen molar-refractivity contribution in [1.29, 1.82) is 0 Å². The summed E-state index contributed by atoms with van der Waals surface area (Å²) in [6.45, 7) is 3.85. The quantitative estimate of drug-likeness (QED) is 0.534. The number of amides is 2. The van der Waals surface area contributed by atoms with Gasteiger partial charge in [-0.15, -0.1) is 0 Å². The molecule has 3 rings (SSSR count). The SMILES string of the molecule is O=C(/C=C/c1ccc(Cl)c(C(F)(F)F)c1)NCc1cccc(NC(=O)CCN2CCOCC2)c1. The van der Waals surface area contributed by atoms with Crippen LogP contribution in [0, 0.1) is 0 Å². The van der Waals surface area contributed by atoms with E-state index in [-0.39, 0.29) is 18.0 Å². The maximum absolute atomic E-state index is 13.0. The van der Waals surface area contributed by atoms with E-state index in [0.717, 1.165) is 36.9 Å². The van der Waals surface area contributed by atoms with Crippen LogP contribution in [-0.4, -0.2) is 49.6 Å². The lowest BCUT2D eigenvalue weighted by molar-refractivity contribution is -0.137. The first-order valence-electron chi connectivity index (χ1n) is 10.7. The molecule has 0 aromatic heterocycles. The van der Waals surface area contributed by atoms with Crippen LogP contribution < -0.4 is 10.6 Å². The van der Waals surface area contributed by atoms with E-state index in [1.165, 1.54) is 12.1 Å². The van der Waals surface area contributed by atoms with Gasteiger partial charge in [-0.05, 0) is 41.5 Å². The zero-order valence-corrected chi connectivity index (χ0v) is 19.1. The fraction of sp³-hybridized carbons (Fsp3) is 0.333. The van der Waals surface area contributed by atoms with Gasteiger partial charge in [-0.3, -0.25) is 14.5 Å². The predicted molar refractivity (Wildman–Crippen MR) is 124 cm³/mol. The molecule has 1 saturated heterocycles. The number of hydrogen-bond acceptors (Lipinski definition) is 4. The van der Waals surface area contributed by atoms with Gasteiger partial charge in [-0.25, -0.2) is 0 Å². The summed E-state index contributed by atoms with van der Waals surface area (Å²) >= 11 is 5.60. The molecule has 1 heterocycles. The van der Waals surface area contributed by atoms with Crippen LogP contribution in [0.15, 0.2) is 48.5 Å². The van der Waals surface area contributed by atoms with Crippen molar-refractivity contribution in [3.8, 4) is 0 Å². The molecule has 0 bridgehead atoms. The summed E-state index contributed by atoms with van der Waals surface area (Å²) in [5.41, 5.74) is 0.628. The Hall–Kier alpha value is -2.88. The monoisotopic (exact) mass is 495 g/mol. The van der Waals surface area contributed by atoms with Gasteiger partial charge in [0.15, 0.2) is 0 Å². The molecule has 1 aliphatic heterocycles.